The van der Waals surface area contributed by atoms with Gasteiger partial charge in [0.15, 0.2) is 6.29 Å². The number of carbonyl (C=O) groups is 1. The third kappa shape index (κ3) is 2.25. The van der Waals surface area contributed by atoms with Crippen LogP contribution < -0.4 is 0 Å². The maximum absolute atomic E-state index is 11.7. The highest BCUT2D eigenvalue weighted by Gasteiger charge is 2.15. The van der Waals surface area contributed by atoms with Crippen molar-refractivity contribution in [3.05, 3.63) is 64.9 Å². The van der Waals surface area contributed by atoms with Crippen LogP contribution in [0.3, 0.4) is 0 Å². The molecule has 0 saturated heterocycles. The number of hydrogen-bond acceptors (Lipinski definition) is 2. The molecule has 4 aromatic rings. The standard InChI is InChI=1S/C19H14ClNO2/c1-2-12-3-5-15-9-16(17(11-22)21(15)10-12)19-8-13-7-14(20)4-6-18(13)23-19/h3-11H,2H2,1H3. The number of benzene rings is 1. The predicted octanol–water partition coefficient (Wildman–Crippen LogP) is 5.38. The summed E-state index contributed by atoms with van der Waals surface area (Å²) in [7, 11) is 0. The number of fused-ring (bicyclic) bond motifs is 2. The summed E-state index contributed by atoms with van der Waals surface area (Å²) < 4.78 is 7.82. The molecular formula is C19H14ClNO2. The molecule has 0 N–H and O–H groups in total. The average molecular weight is 324 g/mol. The average Bonchev–Trinajstić information content (AvgIpc) is 3.13. The molecule has 0 saturated carbocycles. The quantitative estimate of drug-likeness (QED) is 0.474. The Hall–Kier alpha value is -2.52. The van der Waals surface area contributed by atoms with Gasteiger partial charge in [0.25, 0.3) is 0 Å². The van der Waals surface area contributed by atoms with E-state index in [4.69, 9.17) is 16.0 Å². The maximum atomic E-state index is 11.7. The highest BCUT2D eigenvalue weighted by molar-refractivity contribution is 6.31. The van der Waals surface area contributed by atoms with Crippen LogP contribution in [0, 0.1) is 0 Å². The molecule has 0 atom stereocenters. The van der Waals surface area contributed by atoms with Crippen LogP contribution in [0.2, 0.25) is 5.02 Å². The van der Waals surface area contributed by atoms with E-state index in [1.165, 1.54) is 5.56 Å². The normalized spacial score (nSPS) is 11.4. The highest BCUT2D eigenvalue weighted by Crippen LogP contribution is 2.33. The second-order valence-corrected chi connectivity index (χ2v) is 5.98. The minimum absolute atomic E-state index is 0.598. The summed E-state index contributed by atoms with van der Waals surface area (Å²) >= 11 is 6.03. The molecule has 0 radical (unpaired) electrons. The van der Waals surface area contributed by atoms with Crippen LogP contribution >= 0.6 is 11.6 Å². The zero-order valence-electron chi connectivity index (χ0n) is 12.5. The number of halogens is 1. The number of aryl methyl sites for hydroxylation is 1. The highest BCUT2D eigenvalue weighted by atomic mass is 35.5. The third-order valence-electron chi connectivity index (χ3n) is 4.13. The van der Waals surface area contributed by atoms with Crippen molar-refractivity contribution in [2.45, 2.75) is 13.3 Å². The first-order valence-electron chi connectivity index (χ1n) is 7.48. The van der Waals surface area contributed by atoms with E-state index in [1.807, 2.05) is 40.9 Å². The van der Waals surface area contributed by atoms with E-state index in [0.29, 0.717) is 16.5 Å². The minimum atomic E-state index is 0.598. The Kier molecular flexibility index (Phi) is 3.24. The smallest absolute Gasteiger partial charge is 0.167 e. The number of carbonyl (C=O) groups excluding carboxylic acids is 1. The fourth-order valence-corrected chi connectivity index (χ4v) is 3.09. The molecule has 0 unspecified atom stereocenters. The molecule has 0 aliphatic heterocycles. The number of nitrogens with zero attached hydrogens (tertiary/aromatic N) is 1. The number of rotatable bonds is 3. The largest absolute Gasteiger partial charge is 0.456 e. The monoisotopic (exact) mass is 323 g/mol. The lowest BCUT2D eigenvalue weighted by Gasteiger charge is -2.01. The summed E-state index contributed by atoms with van der Waals surface area (Å²) in [4.78, 5) is 11.7. The Morgan fingerprint density at radius 2 is 2.04 bits per heavy atom. The Bertz CT molecular complexity index is 1040. The first-order chi connectivity index (χ1) is 11.2. The van der Waals surface area contributed by atoms with Crippen molar-refractivity contribution in [2.24, 2.45) is 0 Å². The number of aldehydes is 1. The molecule has 3 nitrogen and oxygen atoms in total. The van der Waals surface area contributed by atoms with Gasteiger partial charge in [-0.1, -0.05) is 24.6 Å². The van der Waals surface area contributed by atoms with Gasteiger partial charge in [-0.15, -0.1) is 0 Å². The van der Waals surface area contributed by atoms with E-state index in [1.54, 1.807) is 6.07 Å². The van der Waals surface area contributed by atoms with E-state index in [9.17, 15) is 4.79 Å². The molecule has 3 aromatic heterocycles. The van der Waals surface area contributed by atoms with Gasteiger partial charge >= 0.3 is 0 Å². The molecule has 0 bridgehead atoms. The van der Waals surface area contributed by atoms with Crippen LogP contribution in [-0.2, 0) is 6.42 Å². The molecule has 23 heavy (non-hydrogen) atoms. The number of aromatic nitrogens is 1. The molecule has 0 spiro atoms. The summed E-state index contributed by atoms with van der Waals surface area (Å²) in [6, 6.07) is 13.5. The van der Waals surface area contributed by atoms with Crippen molar-refractivity contribution in [3.8, 4) is 11.3 Å². The van der Waals surface area contributed by atoms with Crippen LogP contribution in [-0.4, -0.2) is 10.7 Å². The van der Waals surface area contributed by atoms with Crippen molar-refractivity contribution in [2.75, 3.05) is 0 Å². The van der Waals surface area contributed by atoms with Gasteiger partial charge in [0.2, 0.25) is 0 Å². The van der Waals surface area contributed by atoms with Crippen LogP contribution in [0.15, 0.2) is 53.1 Å². The lowest BCUT2D eigenvalue weighted by molar-refractivity contribution is 0.111. The van der Waals surface area contributed by atoms with Crippen LogP contribution in [0.5, 0.6) is 0 Å². The molecule has 114 valence electrons. The molecule has 0 amide bonds. The predicted molar refractivity (Wildman–Crippen MR) is 92.4 cm³/mol. The van der Waals surface area contributed by atoms with Crippen molar-refractivity contribution < 1.29 is 9.21 Å². The zero-order chi connectivity index (χ0) is 16.0. The van der Waals surface area contributed by atoms with Crippen LogP contribution in [0.25, 0.3) is 27.8 Å². The van der Waals surface area contributed by atoms with Gasteiger partial charge < -0.3 is 8.82 Å². The molecule has 0 aliphatic carbocycles. The van der Waals surface area contributed by atoms with E-state index in [-0.39, 0.29) is 0 Å². The van der Waals surface area contributed by atoms with E-state index >= 15 is 0 Å². The second kappa shape index (κ2) is 5.28. The maximum Gasteiger partial charge on any atom is 0.167 e. The first kappa shape index (κ1) is 14.1. The number of pyridine rings is 1. The summed E-state index contributed by atoms with van der Waals surface area (Å²) in [5, 5.41) is 1.59. The van der Waals surface area contributed by atoms with Gasteiger partial charge in [-0.3, -0.25) is 4.79 Å². The van der Waals surface area contributed by atoms with Gasteiger partial charge in [0.05, 0.1) is 5.69 Å². The Morgan fingerprint density at radius 1 is 1.17 bits per heavy atom. The van der Waals surface area contributed by atoms with Crippen molar-refractivity contribution in [1.29, 1.82) is 0 Å². The topological polar surface area (TPSA) is 34.6 Å². The SMILES string of the molecule is CCc1ccc2cc(-c3cc4cc(Cl)ccc4o3)c(C=O)n2c1. The first-order valence-corrected chi connectivity index (χ1v) is 7.86. The molecule has 1 aromatic carbocycles. The molecular weight excluding hydrogens is 310 g/mol. The van der Waals surface area contributed by atoms with E-state index in [2.05, 4.69) is 13.0 Å². The molecule has 3 heterocycles. The van der Waals surface area contributed by atoms with Crippen LogP contribution in [0.1, 0.15) is 23.0 Å². The van der Waals surface area contributed by atoms with Crippen molar-refractivity contribution in [1.82, 2.24) is 4.40 Å². The van der Waals surface area contributed by atoms with E-state index in [0.717, 1.165) is 34.8 Å². The summed E-state index contributed by atoms with van der Waals surface area (Å²) in [5.74, 6) is 0.672. The number of hydrogen-bond donors (Lipinski definition) is 0. The van der Waals surface area contributed by atoms with Crippen molar-refractivity contribution in [3.63, 3.8) is 0 Å². The fraction of sp³-hybridized carbons (Fsp3) is 0.105. The lowest BCUT2D eigenvalue weighted by Crippen LogP contribution is -1.94. The molecule has 0 aliphatic rings. The van der Waals surface area contributed by atoms with Gasteiger partial charge in [-0.05, 0) is 48.4 Å². The van der Waals surface area contributed by atoms with Crippen molar-refractivity contribution >= 4 is 34.4 Å². The lowest BCUT2D eigenvalue weighted by atomic mass is 10.2. The van der Waals surface area contributed by atoms with Gasteiger partial charge in [-0.2, -0.15) is 0 Å². The fourth-order valence-electron chi connectivity index (χ4n) is 2.91. The van der Waals surface area contributed by atoms with Gasteiger partial charge in [0.1, 0.15) is 11.3 Å². The molecule has 0 fully saturated rings. The van der Waals surface area contributed by atoms with Gasteiger partial charge in [0, 0.05) is 27.7 Å². The summed E-state index contributed by atoms with van der Waals surface area (Å²) in [6.07, 6.45) is 3.80. The van der Waals surface area contributed by atoms with Gasteiger partial charge in [-0.25, -0.2) is 0 Å². The zero-order valence-corrected chi connectivity index (χ0v) is 13.3. The Labute approximate surface area is 138 Å². The minimum Gasteiger partial charge on any atom is -0.456 e. The van der Waals surface area contributed by atoms with Crippen LogP contribution in [0.4, 0.5) is 0 Å². The summed E-state index contributed by atoms with van der Waals surface area (Å²) in [6.45, 7) is 2.09. The Balaban J connectivity index is 1.97. The Morgan fingerprint density at radius 3 is 2.83 bits per heavy atom. The molecule has 4 heteroatoms. The number of furan rings is 1. The second-order valence-electron chi connectivity index (χ2n) is 5.54. The summed E-state index contributed by atoms with van der Waals surface area (Å²) in [5.41, 5.74) is 4.30. The third-order valence-corrected chi connectivity index (χ3v) is 4.37. The molecule has 4 rings (SSSR count). The van der Waals surface area contributed by atoms with E-state index < -0.39 is 0 Å².